The quantitative estimate of drug-likeness (QED) is 0.878. The van der Waals surface area contributed by atoms with Crippen LogP contribution in [0.4, 0.5) is 5.82 Å². The average molecular weight is 262 g/mol. The van der Waals surface area contributed by atoms with Crippen LogP contribution < -0.4 is 5.32 Å². The van der Waals surface area contributed by atoms with Crippen molar-refractivity contribution in [3.63, 3.8) is 0 Å². The Morgan fingerprint density at radius 3 is 2.89 bits per heavy atom. The van der Waals surface area contributed by atoms with Gasteiger partial charge >= 0.3 is 5.97 Å². The Morgan fingerprint density at radius 1 is 1.37 bits per heavy atom. The second-order valence-electron chi connectivity index (χ2n) is 4.62. The summed E-state index contributed by atoms with van der Waals surface area (Å²) in [6.07, 6.45) is 3.99. The van der Waals surface area contributed by atoms with E-state index in [-0.39, 0.29) is 0 Å². The Morgan fingerprint density at radius 2 is 2.16 bits per heavy atom. The fourth-order valence-corrected chi connectivity index (χ4v) is 2.33. The maximum Gasteiger partial charge on any atom is 0.329 e. The van der Waals surface area contributed by atoms with Gasteiger partial charge in [0.1, 0.15) is 16.9 Å². The molecule has 0 saturated carbocycles. The SMILES string of the molecule is O=C(O)C1(Nc2nccc3occc23)CCOCC1. The third-order valence-electron chi connectivity index (χ3n) is 3.49. The number of carboxylic acid groups (broad SMARTS) is 1. The summed E-state index contributed by atoms with van der Waals surface area (Å²) in [6.45, 7) is 0.862. The standard InChI is InChI=1S/C13H14N2O4/c16-12(17)13(3-7-18-8-4-13)15-11-9-2-6-19-10(9)1-5-14-11/h1-2,5-6H,3-4,7-8H2,(H,14,15)(H,16,17). The van der Waals surface area contributed by atoms with Crippen molar-refractivity contribution in [1.29, 1.82) is 0 Å². The van der Waals surface area contributed by atoms with Gasteiger partial charge in [-0.15, -0.1) is 0 Å². The van der Waals surface area contributed by atoms with Gasteiger partial charge in [-0.25, -0.2) is 9.78 Å². The first-order valence-electron chi connectivity index (χ1n) is 6.13. The molecule has 1 saturated heterocycles. The van der Waals surface area contributed by atoms with Gasteiger partial charge in [0.2, 0.25) is 0 Å². The lowest BCUT2D eigenvalue weighted by Gasteiger charge is -2.34. The molecule has 1 aliphatic heterocycles. The van der Waals surface area contributed by atoms with E-state index < -0.39 is 11.5 Å². The van der Waals surface area contributed by atoms with Crippen molar-refractivity contribution in [2.75, 3.05) is 18.5 Å². The fourth-order valence-electron chi connectivity index (χ4n) is 2.33. The van der Waals surface area contributed by atoms with Crippen molar-refractivity contribution in [2.24, 2.45) is 0 Å². The summed E-state index contributed by atoms with van der Waals surface area (Å²) in [7, 11) is 0. The molecule has 100 valence electrons. The van der Waals surface area contributed by atoms with Crippen molar-refractivity contribution < 1.29 is 19.1 Å². The first-order chi connectivity index (χ1) is 9.21. The monoisotopic (exact) mass is 262 g/mol. The Bertz CT molecular complexity index is 601. The average Bonchev–Trinajstić information content (AvgIpc) is 2.89. The summed E-state index contributed by atoms with van der Waals surface area (Å²) in [6, 6.07) is 3.53. The van der Waals surface area contributed by atoms with Crippen LogP contribution in [0.5, 0.6) is 0 Å². The molecule has 3 heterocycles. The van der Waals surface area contributed by atoms with Crippen molar-refractivity contribution in [3.8, 4) is 0 Å². The minimum atomic E-state index is -1.02. The lowest BCUT2D eigenvalue weighted by molar-refractivity contribution is -0.145. The van der Waals surface area contributed by atoms with E-state index >= 15 is 0 Å². The van der Waals surface area contributed by atoms with Crippen LogP contribution in [0, 0.1) is 0 Å². The van der Waals surface area contributed by atoms with Gasteiger partial charge in [-0.05, 0) is 12.1 Å². The molecule has 0 spiro atoms. The van der Waals surface area contributed by atoms with Crippen LogP contribution in [0.25, 0.3) is 11.0 Å². The number of ether oxygens (including phenoxy) is 1. The van der Waals surface area contributed by atoms with Crippen LogP contribution in [-0.2, 0) is 9.53 Å². The normalized spacial score (nSPS) is 18.3. The number of aromatic nitrogens is 1. The van der Waals surface area contributed by atoms with Gasteiger partial charge < -0.3 is 19.6 Å². The minimum absolute atomic E-state index is 0.415. The number of hydrogen-bond acceptors (Lipinski definition) is 5. The molecule has 0 aliphatic carbocycles. The van der Waals surface area contributed by atoms with Gasteiger partial charge in [0.15, 0.2) is 0 Å². The highest BCUT2D eigenvalue weighted by molar-refractivity contribution is 5.91. The molecule has 19 heavy (non-hydrogen) atoms. The number of nitrogens with zero attached hydrogens (tertiary/aromatic N) is 1. The van der Waals surface area contributed by atoms with Gasteiger partial charge in [-0.2, -0.15) is 0 Å². The number of hydrogen-bond donors (Lipinski definition) is 2. The molecule has 2 aromatic rings. The summed E-state index contributed by atoms with van der Waals surface area (Å²) in [5.41, 5.74) is -0.332. The molecule has 3 rings (SSSR count). The van der Waals surface area contributed by atoms with Crippen molar-refractivity contribution in [2.45, 2.75) is 18.4 Å². The predicted molar refractivity (Wildman–Crippen MR) is 68.1 cm³/mol. The van der Waals surface area contributed by atoms with Crippen LogP contribution in [-0.4, -0.2) is 34.8 Å². The predicted octanol–water partition coefficient (Wildman–Crippen LogP) is 1.87. The first-order valence-corrected chi connectivity index (χ1v) is 6.13. The van der Waals surface area contributed by atoms with Gasteiger partial charge in [0.05, 0.1) is 11.6 Å². The molecule has 0 aromatic carbocycles. The highest BCUT2D eigenvalue weighted by atomic mass is 16.5. The van der Waals surface area contributed by atoms with E-state index in [1.165, 1.54) is 0 Å². The zero-order valence-electron chi connectivity index (χ0n) is 10.3. The van der Waals surface area contributed by atoms with Gasteiger partial charge in [-0.1, -0.05) is 0 Å². The Balaban J connectivity index is 1.98. The summed E-state index contributed by atoms with van der Waals surface area (Å²) in [4.78, 5) is 15.8. The van der Waals surface area contributed by atoms with E-state index in [1.807, 2.05) is 0 Å². The van der Waals surface area contributed by atoms with Crippen LogP contribution >= 0.6 is 0 Å². The third-order valence-corrected chi connectivity index (χ3v) is 3.49. The molecule has 2 N–H and O–H groups in total. The van der Waals surface area contributed by atoms with Crippen LogP contribution in [0.2, 0.25) is 0 Å². The van der Waals surface area contributed by atoms with E-state index in [1.54, 1.807) is 24.6 Å². The molecule has 0 amide bonds. The molecule has 1 aliphatic rings. The van der Waals surface area contributed by atoms with E-state index in [9.17, 15) is 9.90 Å². The van der Waals surface area contributed by atoms with E-state index in [0.717, 1.165) is 5.39 Å². The molecule has 0 atom stereocenters. The molecule has 2 aromatic heterocycles. The molecule has 6 nitrogen and oxygen atoms in total. The van der Waals surface area contributed by atoms with Gasteiger partial charge in [0.25, 0.3) is 0 Å². The highest BCUT2D eigenvalue weighted by Gasteiger charge is 2.40. The number of nitrogens with one attached hydrogen (secondary N) is 1. The number of furan rings is 1. The zero-order chi connectivity index (χ0) is 13.3. The molecule has 1 fully saturated rings. The van der Waals surface area contributed by atoms with E-state index in [0.29, 0.717) is 37.5 Å². The molecular weight excluding hydrogens is 248 g/mol. The fraction of sp³-hybridized carbons (Fsp3) is 0.385. The van der Waals surface area contributed by atoms with Crippen LogP contribution in [0.1, 0.15) is 12.8 Å². The van der Waals surface area contributed by atoms with Crippen molar-refractivity contribution >= 4 is 22.8 Å². The second kappa shape index (κ2) is 4.55. The van der Waals surface area contributed by atoms with Crippen molar-refractivity contribution in [3.05, 3.63) is 24.6 Å². The van der Waals surface area contributed by atoms with Crippen molar-refractivity contribution in [1.82, 2.24) is 4.98 Å². The van der Waals surface area contributed by atoms with Crippen LogP contribution in [0.15, 0.2) is 29.0 Å². The number of aliphatic carboxylic acids is 1. The molecule has 6 heteroatoms. The van der Waals surface area contributed by atoms with E-state index in [4.69, 9.17) is 9.15 Å². The minimum Gasteiger partial charge on any atom is -0.480 e. The zero-order valence-corrected chi connectivity index (χ0v) is 10.3. The maximum atomic E-state index is 11.6. The number of anilines is 1. The number of rotatable bonds is 3. The summed E-state index contributed by atoms with van der Waals surface area (Å²) >= 11 is 0. The largest absolute Gasteiger partial charge is 0.480 e. The lowest BCUT2D eigenvalue weighted by Crippen LogP contribution is -2.50. The lowest BCUT2D eigenvalue weighted by atomic mass is 9.90. The number of fused-ring (bicyclic) bond motifs is 1. The van der Waals surface area contributed by atoms with Crippen LogP contribution in [0.3, 0.4) is 0 Å². The molecule has 0 unspecified atom stereocenters. The summed E-state index contributed by atoms with van der Waals surface area (Å²) in [5.74, 6) is -0.339. The van der Waals surface area contributed by atoms with Gasteiger partial charge in [-0.3, -0.25) is 0 Å². The summed E-state index contributed by atoms with van der Waals surface area (Å²) in [5, 5.41) is 13.4. The molecule has 0 radical (unpaired) electrons. The Labute approximate surface area is 109 Å². The van der Waals surface area contributed by atoms with Gasteiger partial charge in [0, 0.05) is 32.3 Å². The van der Waals surface area contributed by atoms with E-state index in [2.05, 4.69) is 10.3 Å². The number of pyridine rings is 1. The molecular formula is C13H14N2O4. The topological polar surface area (TPSA) is 84.6 Å². The number of carboxylic acids is 1. The second-order valence-corrected chi connectivity index (χ2v) is 4.62. The third kappa shape index (κ3) is 2.04. The number of carbonyl (C=O) groups is 1. The Hall–Kier alpha value is -2.08. The maximum absolute atomic E-state index is 11.6. The Kier molecular flexibility index (Phi) is 2.87. The first kappa shape index (κ1) is 12.0. The smallest absolute Gasteiger partial charge is 0.329 e. The highest BCUT2D eigenvalue weighted by Crippen LogP contribution is 2.29. The summed E-state index contributed by atoms with van der Waals surface area (Å²) < 4.78 is 10.5. The molecule has 0 bridgehead atoms.